The minimum atomic E-state index is -3.48. The van der Waals surface area contributed by atoms with E-state index < -0.39 is 13.4 Å². The van der Waals surface area contributed by atoms with E-state index in [0.29, 0.717) is 5.02 Å². The molecule has 0 aliphatic heterocycles. The predicted octanol–water partition coefficient (Wildman–Crippen LogP) is 6.20. The Bertz CT molecular complexity index is 872. The van der Waals surface area contributed by atoms with Gasteiger partial charge in [-0.2, -0.15) is 0 Å². The SMILES string of the molecule is COP(=O)(OC)[C@H](NC(c1ccccc1)c1ccccc1)c1ccc(Cl)cc1. The van der Waals surface area contributed by atoms with Gasteiger partial charge in [-0.3, -0.25) is 9.88 Å². The largest absolute Gasteiger partial charge is 0.351 e. The molecule has 146 valence electrons. The molecular formula is C22H23ClNO3P. The van der Waals surface area contributed by atoms with Crippen LogP contribution in [0.2, 0.25) is 5.02 Å². The quantitative estimate of drug-likeness (QED) is 0.445. The molecule has 4 nitrogen and oxygen atoms in total. The van der Waals surface area contributed by atoms with E-state index in [1.54, 1.807) is 12.1 Å². The van der Waals surface area contributed by atoms with Crippen molar-refractivity contribution in [2.45, 2.75) is 11.8 Å². The normalized spacial score (nSPS) is 12.9. The van der Waals surface area contributed by atoms with Gasteiger partial charge in [0.2, 0.25) is 0 Å². The monoisotopic (exact) mass is 415 g/mol. The van der Waals surface area contributed by atoms with Crippen LogP contribution in [0, 0.1) is 0 Å². The Labute approximate surface area is 171 Å². The molecule has 0 saturated heterocycles. The molecule has 0 fully saturated rings. The second kappa shape index (κ2) is 9.51. The minimum absolute atomic E-state index is 0.207. The van der Waals surface area contributed by atoms with Gasteiger partial charge < -0.3 is 9.05 Å². The van der Waals surface area contributed by atoms with Crippen LogP contribution in [0.3, 0.4) is 0 Å². The zero-order valence-electron chi connectivity index (χ0n) is 15.8. The zero-order chi connectivity index (χ0) is 20.0. The highest BCUT2D eigenvalue weighted by atomic mass is 35.5. The molecule has 28 heavy (non-hydrogen) atoms. The maximum Gasteiger partial charge on any atom is 0.351 e. The first-order chi connectivity index (χ1) is 13.6. The van der Waals surface area contributed by atoms with Crippen LogP contribution in [-0.2, 0) is 13.6 Å². The number of rotatable bonds is 8. The Balaban J connectivity index is 2.07. The molecule has 1 N–H and O–H groups in total. The molecule has 0 heterocycles. The van der Waals surface area contributed by atoms with Crippen molar-refractivity contribution >= 4 is 19.2 Å². The van der Waals surface area contributed by atoms with Crippen LogP contribution in [0.25, 0.3) is 0 Å². The first kappa shape index (κ1) is 20.8. The van der Waals surface area contributed by atoms with Gasteiger partial charge in [-0.1, -0.05) is 84.4 Å². The lowest BCUT2D eigenvalue weighted by atomic mass is 9.98. The van der Waals surface area contributed by atoms with Crippen LogP contribution < -0.4 is 5.32 Å². The van der Waals surface area contributed by atoms with Crippen molar-refractivity contribution in [1.29, 1.82) is 0 Å². The van der Waals surface area contributed by atoms with Crippen molar-refractivity contribution in [3.63, 3.8) is 0 Å². The molecule has 0 aliphatic rings. The minimum Gasteiger partial charge on any atom is -0.311 e. The van der Waals surface area contributed by atoms with Crippen molar-refractivity contribution in [3.8, 4) is 0 Å². The molecule has 0 aromatic heterocycles. The first-order valence-corrected chi connectivity index (χ1v) is 10.9. The molecule has 3 rings (SSSR count). The summed E-state index contributed by atoms with van der Waals surface area (Å²) in [6.07, 6.45) is 0. The van der Waals surface area contributed by atoms with Crippen molar-refractivity contribution in [1.82, 2.24) is 5.32 Å². The molecule has 0 spiro atoms. The van der Waals surface area contributed by atoms with Gasteiger partial charge in [0.1, 0.15) is 5.78 Å². The molecule has 0 amide bonds. The second-order valence-corrected chi connectivity index (χ2v) is 9.04. The molecule has 6 heteroatoms. The van der Waals surface area contributed by atoms with Crippen LogP contribution in [0.4, 0.5) is 0 Å². The molecule has 0 bridgehead atoms. The van der Waals surface area contributed by atoms with E-state index in [4.69, 9.17) is 20.6 Å². The molecule has 0 aliphatic carbocycles. The van der Waals surface area contributed by atoms with Crippen molar-refractivity contribution < 1.29 is 13.6 Å². The van der Waals surface area contributed by atoms with Crippen LogP contribution in [0.15, 0.2) is 84.9 Å². The fraction of sp³-hybridized carbons (Fsp3) is 0.182. The molecule has 0 unspecified atom stereocenters. The Kier molecular flexibility index (Phi) is 7.06. The summed E-state index contributed by atoms with van der Waals surface area (Å²) < 4.78 is 24.1. The highest BCUT2D eigenvalue weighted by Crippen LogP contribution is 2.59. The van der Waals surface area contributed by atoms with Crippen molar-refractivity contribution in [3.05, 3.63) is 107 Å². The number of halogens is 1. The fourth-order valence-electron chi connectivity index (χ4n) is 3.13. The highest BCUT2D eigenvalue weighted by molar-refractivity contribution is 7.54. The third kappa shape index (κ3) is 4.72. The van der Waals surface area contributed by atoms with Crippen LogP contribution in [0.1, 0.15) is 28.5 Å². The number of benzene rings is 3. The van der Waals surface area contributed by atoms with Crippen LogP contribution in [0.5, 0.6) is 0 Å². The van der Waals surface area contributed by atoms with E-state index in [2.05, 4.69) is 5.32 Å². The summed E-state index contributed by atoms with van der Waals surface area (Å²) in [5.74, 6) is -0.676. The first-order valence-electron chi connectivity index (χ1n) is 8.90. The summed E-state index contributed by atoms with van der Waals surface area (Å²) >= 11 is 6.04. The summed E-state index contributed by atoms with van der Waals surface area (Å²) in [5.41, 5.74) is 2.87. The van der Waals surface area contributed by atoms with Gasteiger partial charge in [-0.15, -0.1) is 0 Å². The van der Waals surface area contributed by atoms with Gasteiger partial charge >= 0.3 is 7.60 Å². The highest BCUT2D eigenvalue weighted by Gasteiger charge is 2.37. The predicted molar refractivity (Wildman–Crippen MR) is 114 cm³/mol. The van der Waals surface area contributed by atoms with Gasteiger partial charge in [0, 0.05) is 19.2 Å². The van der Waals surface area contributed by atoms with Gasteiger partial charge in [0.25, 0.3) is 0 Å². The average Bonchev–Trinajstić information content (AvgIpc) is 2.76. The molecule has 3 aromatic rings. The zero-order valence-corrected chi connectivity index (χ0v) is 17.4. The summed E-state index contributed by atoms with van der Waals surface area (Å²) in [6, 6.07) is 27.0. The van der Waals surface area contributed by atoms with E-state index in [9.17, 15) is 4.57 Å². The average molecular weight is 416 g/mol. The Morgan fingerprint density at radius 3 is 1.64 bits per heavy atom. The standard InChI is InChI=1S/C22H23ClNO3P/c1-26-28(25,27-2)22(19-13-15-20(23)16-14-19)24-21(17-9-5-3-6-10-17)18-11-7-4-8-12-18/h3-16,21-22,24H,1-2H3/t22-/m0/s1. The fourth-order valence-corrected chi connectivity index (χ4v) is 4.70. The Hall–Kier alpha value is -1.94. The van der Waals surface area contributed by atoms with E-state index >= 15 is 0 Å². The topological polar surface area (TPSA) is 47.6 Å². The smallest absolute Gasteiger partial charge is 0.311 e. The van der Waals surface area contributed by atoms with Gasteiger partial charge in [-0.25, -0.2) is 0 Å². The van der Waals surface area contributed by atoms with Crippen LogP contribution >= 0.6 is 19.2 Å². The molecule has 3 aromatic carbocycles. The summed E-state index contributed by atoms with van der Waals surface area (Å²) in [6.45, 7) is 0. The Morgan fingerprint density at radius 2 is 1.21 bits per heavy atom. The van der Waals surface area contributed by atoms with E-state index in [1.807, 2.05) is 72.8 Å². The Morgan fingerprint density at radius 1 is 0.750 bits per heavy atom. The number of hydrogen-bond donors (Lipinski definition) is 1. The molecular weight excluding hydrogens is 393 g/mol. The molecule has 0 saturated carbocycles. The van der Waals surface area contributed by atoms with Gasteiger partial charge in [-0.05, 0) is 28.8 Å². The summed E-state index contributed by atoms with van der Waals surface area (Å²) in [7, 11) is -0.682. The molecule has 0 radical (unpaired) electrons. The lowest BCUT2D eigenvalue weighted by molar-refractivity contribution is 0.257. The van der Waals surface area contributed by atoms with Crippen molar-refractivity contribution in [2.24, 2.45) is 0 Å². The van der Waals surface area contributed by atoms with Gasteiger partial charge in [0.15, 0.2) is 0 Å². The summed E-state index contributed by atoms with van der Waals surface area (Å²) in [5, 5.41) is 4.12. The number of hydrogen-bond acceptors (Lipinski definition) is 4. The van der Waals surface area contributed by atoms with E-state index in [-0.39, 0.29) is 6.04 Å². The number of nitrogens with one attached hydrogen (secondary N) is 1. The maximum absolute atomic E-state index is 13.4. The third-order valence-corrected chi connectivity index (χ3v) is 6.95. The third-order valence-electron chi connectivity index (χ3n) is 4.60. The lowest BCUT2D eigenvalue weighted by Crippen LogP contribution is -2.28. The summed E-state index contributed by atoms with van der Waals surface area (Å²) in [4.78, 5) is 0. The van der Waals surface area contributed by atoms with Crippen molar-refractivity contribution in [2.75, 3.05) is 14.2 Å². The van der Waals surface area contributed by atoms with E-state index in [1.165, 1.54) is 14.2 Å². The van der Waals surface area contributed by atoms with Gasteiger partial charge in [0.05, 0.1) is 6.04 Å². The lowest BCUT2D eigenvalue weighted by Gasteiger charge is -2.30. The van der Waals surface area contributed by atoms with Crippen LogP contribution in [-0.4, -0.2) is 14.2 Å². The second-order valence-electron chi connectivity index (χ2n) is 6.28. The van der Waals surface area contributed by atoms with E-state index in [0.717, 1.165) is 16.7 Å². The molecule has 1 atom stereocenters. The maximum atomic E-state index is 13.4.